The topological polar surface area (TPSA) is 130 Å². The van der Waals surface area contributed by atoms with E-state index in [1.807, 2.05) is 49.3 Å². The minimum Gasteiger partial charge on any atom is -0.473 e. The Morgan fingerprint density at radius 2 is 1.10 bits per heavy atom. The SMILES string of the molecule is C[n+]1cc(CC(=O)c2ccc(C(=O)Cc3ccc(CC(=O)c4ccc(C(=O)O)[n+](C)c4)c[n+]3C)[n+](C)c2)ccc1N. The highest BCUT2D eigenvalue weighted by Gasteiger charge is 2.24. The van der Waals surface area contributed by atoms with E-state index < -0.39 is 5.97 Å². The number of carbonyl (C=O) groups is 4. The van der Waals surface area contributed by atoms with Crippen LogP contribution in [0.15, 0.2) is 73.3 Å². The summed E-state index contributed by atoms with van der Waals surface area (Å²) in [6.07, 6.45) is 7.31. The number of hydrogen-bond donors (Lipinski definition) is 2. The number of carboxylic acids is 1. The standard InChI is InChI=1S/C31H31N5O5/c1-33-16-20(13-27(37)23-8-11-26(31(40)41)35(3)19-23)5-9-24(33)15-29(39)25-10-7-22(18-34(25)2)28(38)14-21-6-12-30(32)36(4)17-21/h5-12,16-19,32H,13-15H2,1-4H3/q+2/p+2. The predicted octanol–water partition coefficient (Wildman–Crippen LogP) is 0.541. The van der Waals surface area contributed by atoms with Crippen molar-refractivity contribution in [2.45, 2.75) is 19.3 Å². The molecule has 0 bridgehead atoms. The summed E-state index contributed by atoms with van der Waals surface area (Å²) in [6.45, 7) is 0. The number of pyridine rings is 4. The summed E-state index contributed by atoms with van der Waals surface area (Å²) >= 11 is 0. The van der Waals surface area contributed by atoms with E-state index in [0.717, 1.165) is 16.8 Å². The van der Waals surface area contributed by atoms with E-state index in [2.05, 4.69) is 0 Å². The van der Waals surface area contributed by atoms with Crippen molar-refractivity contribution in [1.29, 1.82) is 0 Å². The number of ketones is 3. The first-order valence-corrected chi connectivity index (χ1v) is 13.0. The number of carbonyl (C=O) groups excluding carboxylic acids is 3. The summed E-state index contributed by atoms with van der Waals surface area (Å²) < 4.78 is 6.66. The fourth-order valence-electron chi connectivity index (χ4n) is 4.65. The number of hydrogen-bond acceptors (Lipinski definition) is 5. The van der Waals surface area contributed by atoms with Crippen molar-refractivity contribution in [3.8, 4) is 0 Å². The normalized spacial score (nSPS) is 10.8. The number of nitrogen functional groups attached to an aromatic ring is 1. The van der Waals surface area contributed by atoms with Crippen LogP contribution in [0.25, 0.3) is 0 Å². The smallest absolute Gasteiger partial charge is 0.401 e. The zero-order valence-corrected chi connectivity index (χ0v) is 23.5. The van der Waals surface area contributed by atoms with E-state index in [4.69, 9.17) is 5.73 Å². The molecule has 0 saturated carbocycles. The molecule has 3 N–H and O–H groups in total. The molecule has 0 radical (unpaired) electrons. The Kier molecular flexibility index (Phi) is 8.42. The van der Waals surface area contributed by atoms with Crippen molar-refractivity contribution >= 4 is 29.1 Å². The molecule has 4 aromatic heterocycles. The Morgan fingerprint density at radius 3 is 1.59 bits per heavy atom. The van der Waals surface area contributed by atoms with E-state index in [-0.39, 0.29) is 42.3 Å². The van der Waals surface area contributed by atoms with Crippen LogP contribution in [0, 0.1) is 0 Å². The fraction of sp³-hybridized carbons (Fsp3) is 0.226. The molecule has 0 spiro atoms. The Balaban J connectivity index is 1.42. The summed E-state index contributed by atoms with van der Waals surface area (Å²) in [5.74, 6) is -0.778. The van der Waals surface area contributed by atoms with Crippen LogP contribution in [0.2, 0.25) is 0 Å². The molecule has 10 heteroatoms. The van der Waals surface area contributed by atoms with E-state index in [9.17, 15) is 24.3 Å². The zero-order valence-electron chi connectivity index (χ0n) is 23.5. The quantitative estimate of drug-likeness (QED) is 0.217. The van der Waals surface area contributed by atoms with Gasteiger partial charge in [-0.1, -0.05) is 0 Å². The third kappa shape index (κ3) is 6.73. The molecule has 208 valence electrons. The van der Waals surface area contributed by atoms with Crippen LogP contribution in [0.1, 0.15) is 58.5 Å². The Labute approximate surface area is 237 Å². The molecule has 41 heavy (non-hydrogen) atoms. The highest BCUT2D eigenvalue weighted by Crippen LogP contribution is 2.10. The third-order valence-corrected chi connectivity index (χ3v) is 7.02. The molecule has 0 unspecified atom stereocenters. The number of rotatable bonds is 10. The van der Waals surface area contributed by atoms with Gasteiger partial charge in [-0.2, -0.15) is 9.13 Å². The number of carboxylic acid groups (broad SMARTS) is 1. The van der Waals surface area contributed by atoms with E-state index >= 15 is 0 Å². The van der Waals surface area contributed by atoms with Crippen molar-refractivity contribution in [3.63, 3.8) is 0 Å². The predicted molar refractivity (Wildman–Crippen MR) is 146 cm³/mol. The maximum atomic E-state index is 13.2. The van der Waals surface area contributed by atoms with Gasteiger partial charge >= 0.3 is 5.97 Å². The lowest BCUT2D eigenvalue weighted by molar-refractivity contribution is -0.680. The highest BCUT2D eigenvalue weighted by atomic mass is 16.4. The molecule has 4 heterocycles. The average Bonchev–Trinajstić information content (AvgIpc) is 2.91. The maximum Gasteiger partial charge on any atom is 0.401 e. The second-order valence-corrected chi connectivity index (χ2v) is 10.1. The van der Waals surface area contributed by atoms with Gasteiger partial charge in [-0.05, 0) is 29.8 Å². The lowest BCUT2D eigenvalue weighted by Crippen LogP contribution is -2.40. The lowest BCUT2D eigenvalue weighted by Gasteiger charge is -2.05. The van der Waals surface area contributed by atoms with E-state index in [1.165, 1.54) is 22.9 Å². The Hall–Kier alpha value is -5.12. The number of Topliss-reactive ketones (excluding diaryl/α,β-unsaturated/α-hetero) is 3. The summed E-state index contributed by atoms with van der Waals surface area (Å²) in [6, 6.07) is 13.5. The lowest BCUT2D eigenvalue weighted by atomic mass is 10.0. The first-order valence-electron chi connectivity index (χ1n) is 13.0. The van der Waals surface area contributed by atoms with Crippen LogP contribution in [-0.4, -0.2) is 28.4 Å². The van der Waals surface area contributed by atoms with Gasteiger partial charge in [0.25, 0.3) is 11.5 Å². The van der Waals surface area contributed by atoms with Crippen molar-refractivity contribution in [2.75, 3.05) is 5.73 Å². The largest absolute Gasteiger partial charge is 0.473 e. The molecule has 0 fully saturated rings. The van der Waals surface area contributed by atoms with Crippen LogP contribution < -0.4 is 24.0 Å². The molecule has 0 aromatic carbocycles. The second-order valence-electron chi connectivity index (χ2n) is 10.1. The Morgan fingerprint density at radius 1 is 0.585 bits per heavy atom. The molecule has 0 aliphatic rings. The molecule has 0 aliphatic carbocycles. The molecular formula is C31H33N5O5+4. The molecular weight excluding hydrogens is 522 g/mol. The fourth-order valence-corrected chi connectivity index (χ4v) is 4.65. The van der Waals surface area contributed by atoms with Crippen molar-refractivity contribution < 1.29 is 42.6 Å². The number of nitrogens with two attached hydrogens (primary N) is 1. The summed E-state index contributed by atoms with van der Waals surface area (Å²) in [5.41, 5.74) is 9.69. The van der Waals surface area contributed by atoms with Gasteiger partial charge in [-0.15, -0.1) is 0 Å². The highest BCUT2D eigenvalue weighted by molar-refractivity contribution is 5.99. The van der Waals surface area contributed by atoms with Gasteiger partial charge in [0.2, 0.25) is 11.5 Å². The number of aromatic carboxylic acids is 1. The molecule has 0 atom stereocenters. The van der Waals surface area contributed by atoms with Crippen LogP contribution >= 0.6 is 0 Å². The number of aryl methyl sites for hydroxylation is 4. The van der Waals surface area contributed by atoms with Gasteiger partial charge in [0.15, 0.2) is 35.9 Å². The zero-order chi connectivity index (χ0) is 29.8. The molecule has 4 rings (SSSR count). The summed E-state index contributed by atoms with van der Waals surface area (Å²) in [7, 11) is 6.96. The molecule has 0 saturated heterocycles. The summed E-state index contributed by atoms with van der Waals surface area (Å²) in [4.78, 5) is 50.0. The maximum absolute atomic E-state index is 13.2. The monoisotopic (exact) mass is 555 g/mol. The van der Waals surface area contributed by atoms with E-state index in [0.29, 0.717) is 22.6 Å². The Bertz CT molecular complexity index is 1710. The van der Waals surface area contributed by atoms with Gasteiger partial charge in [0, 0.05) is 42.7 Å². The second kappa shape index (κ2) is 12.0. The first kappa shape index (κ1) is 28.9. The summed E-state index contributed by atoms with van der Waals surface area (Å²) in [5, 5.41) is 9.18. The third-order valence-electron chi connectivity index (χ3n) is 7.02. The van der Waals surface area contributed by atoms with Crippen LogP contribution in [0.4, 0.5) is 5.82 Å². The average molecular weight is 556 g/mol. The van der Waals surface area contributed by atoms with Crippen LogP contribution in [0.5, 0.6) is 0 Å². The van der Waals surface area contributed by atoms with Crippen LogP contribution in [0.3, 0.4) is 0 Å². The minimum atomic E-state index is -1.06. The van der Waals surface area contributed by atoms with Gasteiger partial charge in [-0.3, -0.25) is 20.1 Å². The molecule has 0 amide bonds. The minimum absolute atomic E-state index is 0.0625. The van der Waals surface area contributed by atoms with Gasteiger partial charge in [0.1, 0.15) is 27.6 Å². The molecule has 0 aliphatic heterocycles. The number of aromatic nitrogens is 4. The van der Waals surface area contributed by atoms with E-state index in [1.54, 1.807) is 47.6 Å². The van der Waals surface area contributed by atoms with Crippen molar-refractivity contribution in [2.24, 2.45) is 28.2 Å². The number of nitrogens with zero attached hydrogens (tertiary/aromatic N) is 4. The first-order chi connectivity index (χ1) is 19.4. The van der Waals surface area contributed by atoms with Gasteiger partial charge < -0.3 is 5.11 Å². The van der Waals surface area contributed by atoms with Crippen LogP contribution in [-0.2, 0) is 47.5 Å². The molecule has 10 nitrogen and oxygen atoms in total. The van der Waals surface area contributed by atoms with Crippen molar-refractivity contribution in [3.05, 3.63) is 113 Å². The number of anilines is 1. The van der Waals surface area contributed by atoms with Gasteiger partial charge in [-0.25, -0.2) is 13.9 Å². The van der Waals surface area contributed by atoms with Gasteiger partial charge in [0.05, 0.1) is 24.4 Å². The van der Waals surface area contributed by atoms with Crippen molar-refractivity contribution in [1.82, 2.24) is 0 Å². The molecule has 4 aromatic rings.